The lowest BCUT2D eigenvalue weighted by Crippen LogP contribution is -2.12. The Morgan fingerprint density at radius 1 is 1.17 bits per heavy atom. The summed E-state index contributed by atoms with van der Waals surface area (Å²) in [5.74, 6) is 0.0784. The molecule has 0 aliphatic heterocycles. The van der Waals surface area contributed by atoms with Crippen LogP contribution in [0.15, 0.2) is 12.1 Å². The SMILES string of the molecule is CCCCCCCOc1c(Cl)cc(C(=O)Nc2sc3c(c2C#N)CCCC3)cc1Cl. The van der Waals surface area contributed by atoms with Crippen LogP contribution in [0.3, 0.4) is 0 Å². The number of halogens is 2. The van der Waals surface area contributed by atoms with Crippen molar-refractivity contribution >= 4 is 45.4 Å². The Kier molecular flexibility index (Phi) is 8.44. The first-order chi connectivity index (χ1) is 14.5. The van der Waals surface area contributed by atoms with E-state index < -0.39 is 0 Å². The van der Waals surface area contributed by atoms with Gasteiger partial charge in [0.15, 0.2) is 5.75 Å². The van der Waals surface area contributed by atoms with Gasteiger partial charge in [-0.2, -0.15) is 5.26 Å². The average molecular weight is 465 g/mol. The number of fused-ring (bicyclic) bond motifs is 1. The van der Waals surface area contributed by atoms with Gasteiger partial charge in [-0.15, -0.1) is 11.3 Å². The molecule has 0 unspecified atom stereocenters. The van der Waals surface area contributed by atoms with Gasteiger partial charge in [0.05, 0.1) is 22.2 Å². The van der Waals surface area contributed by atoms with Crippen LogP contribution in [0.25, 0.3) is 0 Å². The molecule has 0 saturated carbocycles. The van der Waals surface area contributed by atoms with Crippen molar-refractivity contribution in [2.75, 3.05) is 11.9 Å². The molecule has 1 aliphatic carbocycles. The second-order valence-electron chi connectivity index (χ2n) is 7.51. The first-order valence-electron chi connectivity index (χ1n) is 10.5. The summed E-state index contributed by atoms with van der Waals surface area (Å²) in [7, 11) is 0. The standard InChI is InChI=1S/C23H26Cl2N2O2S/c1-2-3-4-5-8-11-29-21-18(24)12-15(13-19(21)25)22(28)27-23-17(14-26)16-9-6-7-10-20(16)30-23/h12-13H,2-11H2,1H3,(H,27,28). The third-order valence-electron chi connectivity index (χ3n) is 5.26. The van der Waals surface area contributed by atoms with Crippen molar-refractivity contribution < 1.29 is 9.53 Å². The number of aryl methyl sites for hydroxylation is 1. The van der Waals surface area contributed by atoms with E-state index in [0.29, 0.717) is 38.5 Å². The molecule has 0 saturated heterocycles. The Morgan fingerprint density at radius 3 is 2.57 bits per heavy atom. The highest BCUT2D eigenvalue weighted by atomic mass is 35.5. The number of carbonyl (C=O) groups is 1. The summed E-state index contributed by atoms with van der Waals surface area (Å²) in [5.41, 5.74) is 2.02. The lowest BCUT2D eigenvalue weighted by Gasteiger charge is -2.12. The number of nitrogens with one attached hydrogen (secondary N) is 1. The number of ether oxygens (including phenoxy) is 1. The first-order valence-corrected chi connectivity index (χ1v) is 12.1. The van der Waals surface area contributed by atoms with Crippen LogP contribution < -0.4 is 10.1 Å². The summed E-state index contributed by atoms with van der Waals surface area (Å²) < 4.78 is 5.76. The fraction of sp³-hybridized carbons (Fsp3) is 0.478. The summed E-state index contributed by atoms with van der Waals surface area (Å²) in [6.45, 7) is 2.72. The molecular formula is C23H26Cl2N2O2S. The molecule has 3 rings (SSSR count). The number of nitrogens with zero attached hydrogens (tertiary/aromatic N) is 1. The summed E-state index contributed by atoms with van der Waals surface area (Å²) in [4.78, 5) is 14.0. The number of hydrogen-bond donors (Lipinski definition) is 1. The van der Waals surface area contributed by atoms with Gasteiger partial charge < -0.3 is 10.1 Å². The molecule has 1 aliphatic rings. The van der Waals surface area contributed by atoms with E-state index in [1.54, 1.807) is 12.1 Å². The Labute approximate surface area is 192 Å². The molecular weight excluding hydrogens is 439 g/mol. The summed E-state index contributed by atoms with van der Waals surface area (Å²) in [6.07, 6.45) is 9.73. The quantitative estimate of drug-likeness (QED) is 0.392. The second kappa shape index (κ2) is 11.0. The molecule has 0 radical (unpaired) electrons. The van der Waals surface area contributed by atoms with Gasteiger partial charge in [0.2, 0.25) is 0 Å². The predicted molar refractivity (Wildman–Crippen MR) is 124 cm³/mol. The number of hydrogen-bond acceptors (Lipinski definition) is 4. The predicted octanol–water partition coefficient (Wildman–Crippen LogP) is 7.41. The van der Waals surface area contributed by atoms with Gasteiger partial charge in [-0.1, -0.05) is 55.8 Å². The number of nitriles is 1. The summed E-state index contributed by atoms with van der Waals surface area (Å²) in [6, 6.07) is 5.39. The van der Waals surface area contributed by atoms with E-state index in [1.807, 2.05) is 0 Å². The molecule has 0 spiro atoms. The van der Waals surface area contributed by atoms with E-state index in [2.05, 4.69) is 18.3 Å². The van der Waals surface area contributed by atoms with E-state index >= 15 is 0 Å². The highest BCUT2D eigenvalue weighted by Gasteiger charge is 2.23. The van der Waals surface area contributed by atoms with E-state index in [-0.39, 0.29) is 5.91 Å². The van der Waals surface area contributed by atoms with Gasteiger partial charge in [-0.3, -0.25) is 4.79 Å². The fourth-order valence-electron chi connectivity index (χ4n) is 3.66. The van der Waals surface area contributed by atoms with Crippen molar-refractivity contribution in [3.05, 3.63) is 43.7 Å². The number of benzene rings is 1. The minimum Gasteiger partial charge on any atom is -0.490 e. The molecule has 1 heterocycles. The van der Waals surface area contributed by atoms with Crippen LogP contribution in [0.4, 0.5) is 5.00 Å². The molecule has 0 fully saturated rings. The number of carbonyl (C=O) groups excluding carboxylic acids is 1. The van der Waals surface area contributed by atoms with Crippen LogP contribution in [-0.2, 0) is 12.8 Å². The Bertz CT molecular complexity index is 926. The number of unbranched alkanes of at least 4 members (excludes halogenated alkanes) is 4. The van der Waals surface area contributed by atoms with Gasteiger partial charge in [-0.25, -0.2) is 0 Å². The molecule has 0 atom stereocenters. The number of thiophene rings is 1. The second-order valence-corrected chi connectivity index (χ2v) is 9.43. The van der Waals surface area contributed by atoms with E-state index in [4.69, 9.17) is 27.9 Å². The van der Waals surface area contributed by atoms with Crippen LogP contribution in [-0.4, -0.2) is 12.5 Å². The number of amides is 1. The average Bonchev–Trinajstić information content (AvgIpc) is 3.08. The molecule has 160 valence electrons. The van der Waals surface area contributed by atoms with Gasteiger partial charge in [0, 0.05) is 10.4 Å². The molecule has 30 heavy (non-hydrogen) atoms. The summed E-state index contributed by atoms with van der Waals surface area (Å²) >= 11 is 14.2. The Hall–Kier alpha value is -1.74. The van der Waals surface area contributed by atoms with E-state index in [0.717, 1.165) is 44.1 Å². The van der Waals surface area contributed by atoms with Gasteiger partial charge in [0.1, 0.15) is 11.1 Å². The first kappa shape index (κ1) is 22.9. The molecule has 1 aromatic heterocycles. The lowest BCUT2D eigenvalue weighted by molar-refractivity contribution is 0.102. The minimum atomic E-state index is -0.333. The lowest BCUT2D eigenvalue weighted by atomic mass is 9.96. The zero-order chi connectivity index (χ0) is 21.5. The third-order valence-corrected chi connectivity index (χ3v) is 7.03. The van der Waals surface area contributed by atoms with Crippen molar-refractivity contribution in [3.8, 4) is 11.8 Å². The highest BCUT2D eigenvalue weighted by molar-refractivity contribution is 7.16. The maximum absolute atomic E-state index is 12.8. The van der Waals surface area contributed by atoms with Crippen LogP contribution in [0.2, 0.25) is 10.0 Å². The van der Waals surface area contributed by atoms with Crippen LogP contribution in [0.5, 0.6) is 5.75 Å². The van der Waals surface area contributed by atoms with Crippen LogP contribution >= 0.6 is 34.5 Å². The maximum Gasteiger partial charge on any atom is 0.256 e. The number of rotatable bonds is 9. The van der Waals surface area contributed by atoms with Gasteiger partial charge in [0.25, 0.3) is 5.91 Å². The maximum atomic E-state index is 12.8. The monoisotopic (exact) mass is 464 g/mol. The molecule has 1 aromatic carbocycles. The molecule has 1 amide bonds. The van der Waals surface area contributed by atoms with Crippen molar-refractivity contribution in [1.82, 2.24) is 0 Å². The van der Waals surface area contributed by atoms with Crippen molar-refractivity contribution in [1.29, 1.82) is 5.26 Å². The molecule has 0 bridgehead atoms. The zero-order valence-corrected chi connectivity index (χ0v) is 19.5. The van der Waals surface area contributed by atoms with Crippen LogP contribution in [0, 0.1) is 11.3 Å². The van der Waals surface area contributed by atoms with Crippen LogP contribution in [0.1, 0.15) is 78.2 Å². The Balaban J connectivity index is 1.67. The van der Waals surface area contributed by atoms with Gasteiger partial charge >= 0.3 is 0 Å². The summed E-state index contributed by atoms with van der Waals surface area (Å²) in [5, 5.41) is 13.7. The molecule has 4 nitrogen and oxygen atoms in total. The van der Waals surface area contributed by atoms with E-state index in [9.17, 15) is 10.1 Å². The third kappa shape index (κ3) is 5.49. The molecule has 2 aromatic rings. The smallest absolute Gasteiger partial charge is 0.256 e. The zero-order valence-electron chi connectivity index (χ0n) is 17.2. The molecule has 1 N–H and O–H groups in total. The minimum absolute atomic E-state index is 0.312. The molecule has 7 heteroatoms. The highest BCUT2D eigenvalue weighted by Crippen LogP contribution is 2.39. The van der Waals surface area contributed by atoms with E-state index in [1.165, 1.54) is 35.5 Å². The topological polar surface area (TPSA) is 62.1 Å². The van der Waals surface area contributed by atoms with Crippen molar-refractivity contribution in [2.24, 2.45) is 0 Å². The van der Waals surface area contributed by atoms with Crippen molar-refractivity contribution in [2.45, 2.75) is 64.7 Å². The van der Waals surface area contributed by atoms with Gasteiger partial charge in [-0.05, 0) is 49.8 Å². The Morgan fingerprint density at radius 2 is 1.87 bits per heavy atom. The fourth-order valence-corrected chi connectivity index (χ4v) is 5.49. The van der Waals surface area contributed by atoms with Crippen molar-refractivity contribution in [3.63, 3.8) is 0 Å². The largest absolute Gasteiger partial charge is 0.490 e. The number of anilines is 1. The normalized spacial score (nSPS) is 12.9.